The van der Waals surface area contributed by atoms with Crippen LogP contribution in [0.2, 0.25) is 0 Å². The van der Waals surface area contributed by atoms with E-state index in [2.05, 4.69) is 11.2 Å². The van der Waals surface area contributed by atoms with Crippen molar-refractivity contribution in [2.45, 2.75) is 39.0 Å². The molecule has 2 unspecified atom stereocenters. The van der Waals surface area contributed by atoms with Crippen molar-refractivity contribution in [1.82, 2.24) is 9.47 Å². The molecule has 3 aromatic carbocycles. The fourth-order valence-corrected chi connectivity index (χ4v) is 5.82. The van der Waals surface area contributed by atoms with Crippen LogP contribution in [0.4, 0.5) is 18.9 Å². The van der Waals surface area contributed by atoms with E-state index in [0.29, 0.717) is 29.7 Å². The third-order valence-corrected chi connectivity index (χ3v) is 7.59. The first-order valence-electron chi connectivity index (χ1n) is 13.2. The zero-order chi connectivity index (χ0) is 29.5. The van der Waals surface area contributed by atoms with Crippen molar-refractivity contribution < 1.29 is 13.2 Å². The molecule has 0 bridgehead atoms. The van der Waals surface area contributed by atoms with Gasteiger partial charge in [-0.1, -0.05) is 24.3 Å². The van der Waals surface area contributed by atoms with Crippen LogP contribution in [0.25, 0.3) is 27.6 Å². The lowest BCUT2D eigenvalue weighted by Crippen LogP contribution is -2.61. The molecule has 0 amide bonds. The fourth-order valence-electron chi connectivity index (χ4n) is 5.82. The summed E-state index contributed by atoms with van der Waals surface area (Å²) in [6.45, 7) is 6.11. The Labute approximate surface area is 235 Å². The number of hydrazone groups is 1. The molecule has 210 valence electrons. The van der Waals surface area contributed by atoms with E-state index in [1.54, 1.807) is 30.5 Å². The van der Waals surface area contributed by atoms with Crippen molar-refractivity contribution in [2.75, 3.05) is 18.0 Å². The number of piperazine rings is 1. The fraction of sp³-hybridized carbons (Fsp3) is 0.258. The second kappa shape index (κ2) is 10.7. The van der Waals surface area contributed by atoms with Crippen LogP contribution in [-0.2, 0) is 0 Å². The monoisotopic (exact) mass is 558 g/mol. The Morgan fingerprint density at radius 1 is 0.976 bits per heavy atom. The van der Waals surface area contributed by atoms with Crippen LogP contribution in [0.15, 0.2) is 82.8 Å². The zero-order valence-corrected chi connectivity index (χ0v) is 22.9. The average molecular weight is 559 g/mol. The van der Waals surface area contributed by atoms with E-state index in [-0.39, 0.29) is 5.56 Å². The van der Waals surface area contributed by atoms with E-state index in [0.717, 1.165) is 27.8 Å². The first-order chi connectivity index (χ1) is 19.5. The summed E-state index contributed by atoms with van der Waals surface area (Å²) in [7, 11) is 0. The van der Waals surface area contributed by atoms with Crippen molar-refractivity contribution in [3.8, 4) is 22.9 Å². The van der Waals surface area contributed by atoms with Crippen molar-refractivity contribution >= 4 is 22.3 Å². The first-order valence-corrected chi connectivity index (χ1v) is 13.2. The van der Waals surface area contributed by atoms with Gasteiger partial charge in [-0.05, 0) is 85.3 Å². The third-order valence-electron chi connectivity index (χ3n) is 7.59. The molecular formula is C31H29F3N6O. The number of aromatic nitrogens is 1. The number of fused-ring (bicyclic) bond motifs is 1. The van der Waals surface area contributed by atoms with E-state index >= 15 is 0 Å². The molecule has 2 atom stereocenters. The molecule has 0 radical (unpaired) electrons. The van der Waals surface area contributed by atoms with Crippen molar-refractivity contribution in [3.05, 3.63) is 94.4 Å². The Morgan fingerprint density at radius 2 is 1.59 bits per heavy atom. The van der Waals surface area contributed by atoms with Crippen LogP contribution in [0.1, 0.15) is 25.0 Å². The van der Waals surface area contributed by atoms with E-state index in [1.807, 2.05) is 72.6 Å². The van der Waals surface area contributed by atoms with Crippen molar-refractivity contribution in [3.63, 3.8) is 0 Å². The Balaban J connectivity index is 1.44. The summed E-state index contributed by atoms with van der Waals surface area (Å²) in [6.07, 6.45) is -2.81. The molecule has 1 aliphatic heterocycles. The van der Waals surface area contributed by atoms with Crippen molar-refractivity contribution in [2.24, 2.45) is 10.9 Å². The molecule has 1 fully saturated rings. The maximum Gasteiger partial charge on any atom is 0.451 e. The van der Waals surface area contributed by atoms with Gasteiger partial charge in [-0.15, -0.1) is 0 Å². The summed E-state index contributed by atoms with van der Waals surface area (Å²) >= 11 is 0. The number of halogens is 3. The molecule has 1 saturated heterocycles. The third kappa shape index (κ3) is 5.11. The number of alkyl halides is 3. The lowest BCUT2D eigenvalue weighted by molar-refractivity contribution is -0.0735. The van der Waals surface area contributed by atoms with Gasteiger partial charge in [-0.2, -0.15) is 23.5 Å². The quantitative estimate of drug-likeness (QED) is 0.154. The maximum absolute atomic E-state index is 13.6. The molecule has 41 heavy (non-hydrogen) atoms. The Morgan fingerprint density at radius 3 is 2.15 bits per heavy atom. The second-order valence-corrected chi connectivity index (χ2v) is 10.4. The summed E-state index contributed by atoms with van der Waals surface area (Å²) in [4.78, 5) is 16.9. The number of benzene rings is 3. The lowest BCUT2D eigenvalue weighted by atomic mass is 9.96. The Kier molecular flexibility index (Phi) is 7.22. The second-order valence-electron chi connectivity index (χ2n) is 10.4. The van der Waals surface area contributed by atoms with Gasteiger partial charge in [0, 0.05) is 48.1 Å². The van der Waals surface area contributed by atoms with Crippen LogP contribution < -0.4 is 16.3 Å². The van der Waals surface area contributed by atoms with Crippen LogP contribution in [0, 0.1) is 18.3 Å². The minimum absolute atomic E-state index is 0.162. The van der Waals surface area contributed by atoms with Crippen LogP contribution in [-0.4, -0.2) is 46.7 Å². The molecule has 5 rings (SSSR count). The van der Waals surface area contributed by atoms with Crippen LogP contribution in [0.3, 0.4) is 0 Å². The predicted octanol–water partition coefficient (Wildman–Crippen LogP) is 5.57. The Hall–Kier alpha value is -4.78. The number of aryl methyl sites for hydroxylation is 1. The number of hydrogen-bond acceptors (Lipinski definition) is 5. The van der Waals surface area contributed by atoms with E-state index in [9.17, 15) is 18.0 Å². The van der Waals surface area contributed by atoms with Gasteiger partial charge in [0.1, 0.15) is 0 Å². The SMILES string of the molecule is Cc1cn(-c2ccc(N3CC(C)N(/C(=N\N)C(F)(F)F)C(C)C3)cc2)c(=O)c2cccc(-c3ccc(C#N)cc3)c12. The number of nitrogens with zero attached hydrogens (tertiary/aromatic N) is 5. The number of nitriles is 1. The van der Waals surface area contributed by atoms with Gasteiger partial charge in [0.05, 0.1) is 11.6 Å². The van der Waals surface area contributed by atoms with Crippen LogP contribution >= 0.6 is 0 Å². The van der Waals surface area contributed by atoms with E-state index in [4.69, 9.17) is 11.1 Å². The summed E-state index contributed by atoms with van der Waals surface area (Å²) in [5, 5.41) is 13.6. The van der Waals surface area contributed by atoms with Crippen LogP contribution in [0.5, 0.6) is 0 Å². The minimum atomic E-state index is -4.63. The minimum Gasteiger partial charge on any atom is -0.367 e. The standard InChI is InChI=1S/C31H29F3N6O/c1-19-16-39(29(41)27-6-4-5-26(28(19)27)23-9-7-22(15-35)8-10-23)25-13-11-24(12-14-25)38-17-20(2)40(21(3)18-38)30(37-36)31(32,33)34/h4-14,16,20-21H,17-18,36H2,1-3H3/b37-30-. The van der Waals surface area contributed by atoms with Gasteiger partial charge in [0.25, 0.3) is 5.56 Å². The van der Waals surface area contributed by atoms with Gasteiger partial charge in [-0.3, -0.25) is 9.36 Å². The highest BCUT2D eigenvalue weighted by molar-refractivity contribution is 5.98. The molecular weight excluding hydrogens is 529 g/mol. The molecule has 10 heteroatoms. The highest BCUT2D eigenvalue weighted by Crippen LogP contribution is 2.31. The molecule has 0 spiro atoms. The normalized spacial score (nSPS) is 18.0. The van der Waals surface area contributed by atoms with Gasteiger partial charge in [-0.25, -0.2) is 0 Å². The number of pyridine rings is 1. The highest BCUT2D eigenvalue weighted by Gasteiger charge is 2.45. The highest BCUT2D eigenvalue weighted by atomic mass is 19.4. The molecule has 2 heterocycles. The predicted molar refractivity (Wildman–Crippen MR) is 155 cm³/mol. The molecule has 2 N–H and O–H groups in total. The summed E-state index contributed by atoms with van der Waals surface area (Å²) in [5.41, 5.74) is 4.69. The number of anilines is 1. The van der Waals surface area contributed by atoms with E-state index < -0.39 is 24.1 Å². The molecule has 1 aromatic heterocycles. The summed E-state index contributed by atoms with van der Waals surface area (Å²) in [6, 6.07) is 21.5. The van der Waals surface area contributed by atoms with Crippen molar-refractivity contribution in [1.29, 1.82) is 5.26 Å². The number of hydrogen-bond donors (Lipinski definition) is 1. The lowest BCUT2D eigenvalue weighted by Gasteiger charge is -2.46. The zero-order valence-electron chi connectivity index (χ0n) is 22.9. The molecule has 4 aromatic rings. The smallest absolute Gasteiger partial charge is 0.367 e. The number of amidine groups is 1. The van der Waals surface area contributed by atoms with Gasteiger partial charge < -0.3 is 15.6 Å². The molecule has 7 nitrogen and oxygen atoms in total. The number of nitrogens with two attached hydrogens (primary N) is 1. The van der Waals surface area contributed by atoms with Gasteiger partial charge >= 0.3 is 6.18 Å². The topological polar surface area (TPSA) is 90.7 Å². The number of rotatable bonds is 3. The molecule has 0 aliphatic carbocycles. The Bertz CT molecular complexity index is 1710. The summed E-state index contributed by atoms with van der Waals surface area (Å²) < 4.78 is 42.0. The van der Waals surface area contributed by atoms with Gasteiger partial charge in [0.2, 0.25) is 5.84 Å². The van der Waals surface area contributed by atoms with Gasteiger partial charge in [0.15, 0.2) is 0 Å². The maximum atomic E-state index is 13.6. The molecule has 1 aliphatic rings. The average Bonchev–Trinajstić information content (AvgIpc) is 2.96. The molecule has 0 saturated carbocycles. The first kappa shape index (κ1) is 27.8. The largest absolute Gasteiger partial charge is 0.451 e. The van der Waals surface area contributed by atoms with E-state index in [1.165, 1.54) is 4.90 Å². The summed E-state index contributed by atoms with van der Waals surface area (Å²) in [5.74, 6) is 4.04.